The number of ether oxygens (including phenoxy) is 1. The lowest BCUT2D eigenvalue weighted by atomic mass is 10.1. The van der Waals surface area contributed by atoms with Crippen molar-refractivity contribution in [1.82, 2.24) is 9.38 Å². The lowest BCUT2D eigenvalue weighted by Crippen LogP contribution is -2.08. The molecule has 0 N–H and O–H groups in total. The van der Waals surface area contributed by atoms with Crippen molar-refractivity contribution in [1.29, 1.82) is 0 Å². The molecule has 2 aromatic rings. The molecule has 0 aliphatic heterocycles. The Hall–Kier alpha value is -1.55. The van der Waals surface area contributed by atoms with E-state index < -0.39 is 0 Å². The number of rotatable bonds is 4. The molecule has 1 aliphatic rings. The summed E-state index contributed by atoms with van der Waals surface area (Å²) in [5.74, 6) is 0.587. The molecule has 0 aromatic carbocycles. The zero-order valence-electron chi connectivity index (χ0n) is 10.7. The summed E-state index contributed by atoms with van der Waals surface area (Å²) in [6.07, 6.45) is 6.28. The molecule has 0 spiro atoms. The third-order valence-corrected chi connectivity index (χ3v) is 3.58. The van der Waals surface area contributed by atoms with Gasteiger partial charge in [-0.05, 0) is 37.3 Å². The van der Waals surface area contributed by atoms with Crippen LogP contribution in [0.15, 0.2) is 18.5 Å². The first-order chi connectivity index (χ1) is 9.22. The molecule has 0 atom stereocenters. The maximum atomic E-state index is 12.0. The quantitative estimate of drug-likeness (QED) is 0.637. The van der Waals surface area contributed by atoms with Gasteiger partial charge in [0.2, 0.25) is 0 Å². The van der Waals surface area contributed by atoms with E-state index in [2.05, 4.69) is 4.98 Å². The number of alkyl halides is 1. The minimum Gasteiger partial charge on any atom is -0.462 e. The molecule has 0 bridgehead atoms. The van der Waals surface area contributed by atoms with Crippen LogP contribution in [-0.4, -0.2) is 22.0 Å². The third kappa shape index (κ3) is 2.32. The summed E-state index contributed by atoms with van der Waals surface area (Å²) in [4.78, 5) is 16.4. The molecule has 0 saturated heterocycles. The van der Waals surface area contributed by atoms with Gasteiger partial charge in [0.15, 0.2) is 5.65 Å². The van der Waals surface area contributed by atoms with Crippen LogP contribution >= 0.6 is 11.6 Å². The Labute approximate surface area is 116 Å². The lowest BCUT2D eigenvalue weighted by molar-refractivity contribution is 0.0528. The highest BCUT2D eigenvalue weighted by Crippen LogP contribution is 2.40. The maximum absolute atomic E-state index is 12.0. The Kier molecular flexibility index (Phi) is 3.19. The van der Waals surface area contributed by atoms with Crippen LogP contribution in [0.1, 0.15) is 47.3 Å². The van der Waals surface area contributed by atoms with Gasteiger partial charge in [-0.15, -0.1) is 11.6 Å². The van der Waals surface area contributed by atoms with Crippen molar-refractivity contribution in [3.8, 4) is 0 Å². The number of hydrogen-bond donors (Lipinski definition) is 0. The molecule has 5 heteroatoms. The summed E-state index contributed by atoms with van der Waals surface area (Å²) >= 11 is 5.81. The average Bonchev–Trinajstić information content (AvgIpc) is 3.17. The van der Waals surface area contributed by atoms with Gasteiger partial charge < -0.3 is 9.14 Å². The van der Waals surface area contributed by atoms with E-state index in [0.717, 1.165) is 5.69 Å². The van der Waals surface area contributed by atoms with Gasteiger partial charge in [0.05, 0.1) is 18.2 Å². The van der Waals surface area contributed by atoms with Crippen LogP contribution in [0, 0.1) is 0 Å². The highest BCUT2D eigenvalue weighted by atomic mass is 35.5. The minimum atomic E-state index is -0.318. The number of fused-ring (bicyclic) bond motifs is 1. The van der Waals surface area contributed by atoms with E-state index in [4.69, 9.17) is 16.3 Å². The van der Waals surface area contributed by atoms with Gasteiger partial charge in [0.25, 0.3) is 0 Å². The summed E-state index contributed by atoms with van der Waals surface area (Å²) in [5, 5.41) is 0. The molecule has 0 amide bonds. The summed E-state index contributed by atoms with van der Waals surface area (Å²) in [6, 6.07) is 1.91. The van der Waals surface area contributed by atoms with Gasteiger partial charge in [0.1, 0.15) is 5.56 Å². The van der Waals surface area contributed by atoms with Crippen LogP contribution in [0.4, 0.5) is 0 Å². The van der Waals surface area contributed by atoms with E-state index in [1.807, 2.05) is 22.9 Å². The van der Waals surface area contributed by atoms with E-state index in [1.165, 1.54) is 18.4 Å². The fourth-order valence-electron chi connectivity index (χ4n) is 2.23. The largest absolute Gasteiger partial charge is 0.462 e. The molecule has 1 saturated carbocycles. The molecular formula is C14H15ClN2O2. The SMILES string of the molecule is CCOC(=O)c1cc(C2CC2)cn2cc(CCl)nc12. The second-order valence-corrected chi connectivity index (χ2v) is 5.05. The first kappa shape index (κ1) is 12.5. The van der Waals surface area contributed by atoms with Crippen LogP contribution in [0.3, 0.4) is 0 Å². The molecule has 2 heterocycles. The highest BCUT2D eigenvalue weighted by Gasteiger charge is 2.26. The average molecular weight is 279 g/mol. The van der Waals surface area contributed by atoms with Crippen molar-refractivity contribution >= 4 is 23.2 Å². The monoisotopic (exact) mass is 278 g/mol. The molecular weight excluding hydrogens is 264 g/mol. The molecule has 1 aliphatic carbocycles. The second-order valence-electron chi connectivity index (χ2n) is 4.78. The third-order valence-electron chi connectivity index (χ3n) is 3.30. The number of esters is 1. The molecule has 0 radical (unpaired) electrons. The first-order valence-corrected chi connectivity index (χ1v) is 7.01. The topological polar surface area (TPSA) is 43.6 Å². The first-order valence-electron chi connectivity index (χ1n) is 6.47. The number of aromatic nitrogens is 2. The lowest BCUT2D eigenvalue weighted by Gasteiger charge is -2.06. The fraction of sp³-hybridized carbons (Fsp3) is 0.429. The zero-order chi connectivity index (χ0) is 13.4. The van der Waals surface area contributed by atoms with Gasteiger partial charge in [-0.25, -0.2) is 9.78 Å². The fourth-order valence-corrected chi connectivity index (χ4v) is 2.36. The number of hydrogen-bond acceptors (Lipinski definition) is 3. The molecule has 2 aromatic heterocycles. The van der Waals surface area contributed by atoms with Crippen molar-refractivity contribution in [2.24, 2.45) is 0 Å². The summed E-state index contributed by atoms with van der Waals surface area (Å²) in [6.45, 7) is 2.16. The van der Waals surface area contributed by atoms with Gasteiger partial charge in [-0.3, -0.25) is 0 Å². The highest BCUT2D eigenvalue weighted by molar-refractivity contribution is 6.16. The molecule has 0 unspecified atom stereocenters. The van der Waals surface area contributed by atoms with Gasteiger partial charge in [-0.1, -0.05) is 0 Å². The maximum Gasteiger partial charge on any atom is 0.341 e. The van der Waals surface area contributed by atoms with Crippen LogP contribution in [0.25, 0.3) is 5.65 Å². The Bertz CT molecular complexity index is 632. The molecule has 19 heavy (non-hydrogen) atoms. The van der Waals surface area contributed by atoms with Crippen molar-refractivity contribution in [3.63, 3.8) is 0 Å². The predicted molar refractivity (Wildman–Crippen MR) is 72.7 cm³/mol. The van der Waals surface area contributed by atoms with Crippen LogP contribution in [-0.2, 0) is 10.6 Å². The van der Waals surface area contributed by atoms with E-state index in [-0.39, 0.29) is 5.97 Å². The van der Waals surface area contributed by atoms with E-state index >= 15 is 0 Å². The second kappa shape index (κ2) is 4.85. The van der Waals surface area contributed by atoms with Crippen molar-refractivity contribution in [2.75, 3.05) is 6.61 Å². The van der Waals surface area contributed by atoms with Gasteiger partial charge in [-0.2, -0.15) is 0 Å². The standard InChI is InChI=1S/C14H15ClN2O2/c1-2-19-14(18)12-5-10(9-3-4-9)7-17-8-11(6-15)16-13(12)17/h5,7-9H,2-4,6H2,1H3. The summed E-state index contributed by atoms with van der Waals surface area (Å²) in [5.41, 5.74) is 3.09. The number of pyridine rings is 1. The molecule has 100 valence electrons. The van der Waals surface area contributed by atoms with Crippen LogP contribution in [0.5, 0.6) is 0 Å². The Morgan fingerprint density at radius 3 is 2.95 bits per heavy atom. The predicted octanol–water partition coefficient (Wildman–Crippen LogP) is 3.13. The van der Waals surface area contributed by atoms with E-state index in [9.17, 15) is 4.79 Å². The number of carbonyl (C=O) groups is 1. The van der Waals surface area contributed by atoms with Gasteiger partial charge in [0, 0.05) is 12.4 Å². The molecule has 4 nitrogen and oxygen atoms in total. The smallest absolute Gasteiger partial charge is 0.341 e. The van der Waals surface area contributed by atoms with E-state index in [0.29, 0.717) is 29.6 Å². The Balaban J connectivity index is 2.14. The van der Waals surface area contributed by atoms with E-state index in [1.54, 1.807) is 6.92 Å². The Morgan fingerprint density at radius 1 is 1.53 bits per heavy atom. The number of halogens is 1. The minimum absolute atomic E-state index is 0.318. The summed E-state index contributed by atoms with van der Waals surface area (Å²) < 4.78 is 7.00. The number of carbonyl (C=O) groups excluding carboxylic acids is 1. The van der Waals surface area contributed by atoms with Gasteiger partial charge >= 0.3 is 5.97 Å². The normalized spacial score (nSPS) is 14.8. The number of imidazole rings is 1. The number of nitrogens with zero attached hydrogens (tertiary/aromatic N) is 2. The van der Waals surface area contributed by atoms with Crippen molar-refractivity contribution < 1.29 is 9.53 Å². The zero-order valence-corrected chi connectivity index (χ0v) is 11.5. The molecule has 3 rings (SSSR count). The summed E-state index contributed by atoms with van der Waals surface area (Å²) in [7, 11) is 0. The van der Waals surface area contributed by atoms with Crippen molar-refractivity contribution in [3.05, 3.63) is 35.3 Å². The van der Waals surface area contributed by atoms with Crippen molar-refractivity contribution in [2.45, 2.75) is 31.6 Å². The van der Waals surface area contributed by atoms with Crippen LogP contribution < -0.4 is 0 Å². The van der Waals surface area contributed by atoms with Crippen LogP contribution in [0.2, 0.25) is 0 Å². The molecule has 1 fully saturated rings. The Morgan fingerprint density at radius 2 is 2.32 bits per heavy atom.